The van der Waals surface area contributed by atoms with E-state index in [1.165, 1.54) is 0 Å². The number of rotatable bonds is 4. The molecule has 1 atom stereocenters. The minimum absolute atomic E-state index is 0.380. The van der Waals surface area contributed by atoms with Crippen molar-refractivity contribution in [2.24, 2.45) is 0 Å². The summed E-state index contributed by atoms with van der Waals surface area (Å²) in [6.07, 6.45) is 0. The van der Waals surface area contributed by atoms with E-state index < -0.39 is 0 Å². The molecule has 5 heteroatoms. The van der Waals surface area contributed by atoms with Crippen molar-refractivity contribution in [1.82, 2.24) is 4.90 Å². The number of nitrogens with zero attached hydrogens (tertiary/aromatic N) is 1. The Balaban J connectivity index is 1.87. The molecule has 0 radical (unpaired) electrons. The first-order valence-electron chi connectivity index (χ1n) is 6.27. The van der Waals surface area contributed by atoms with Gasteiger partial charge in [0.1, 0.15) is 0 Å². The number of hydrogen-bond donors (Lipinski definition) is 2. The van der Waals surface area contributed by atoms with Crippen molar-refractivity contribution in [2.75, 3.05) is 43.9 Å². The van der Waals surface area contributed by atoms with Crippen molar-refractivity contribution in [3.8, 4) is 0 Å². The van der Waals surface area contributed by atoms with Crippen LogP contribution in [0.2, 0.25) is 0 Å². The molecule has 1 unspecified atom stereocenters. The van der Waals surface area contributed by atoms with Crippen LogP contribution in [0.25, 0.3) is 0 Å². The Morgan fingerprint density at radius 1 is 1.44 bits per heavy atom. The maximum Gasteiger partial charge on any atom is 0.0594 e. The van der Waals surface area contributed by atoms with E-state index >= 15 is 0 Å². The van der Waals surface area contributed by atoms with Crippen molar-refractivity contribution in [2.45, 2.75) is 13.0 Å². The van der Waals surface area contributed by atoms with Gasteiger partial charge in [-0.05, 0) is 47.7 Å². The highest BCUT2D eigenvalue weighted by Gasteiger charge is 2.14. The first-order valence-corrected chi connectivity index (χ1v) is 7.34. The zero-order chi connectivity index (χ0) is 13.0. The molecule has 1 aliphatic heterocycles. The molecule has 0 aliphatic carbocycles. The zero-order valence-corrected chi connectivity index (χ0v) is 12.8. The van der Waals surface area contributed by atoms with Crippen LogP contribution in [0.4, 0.5) is 11.4 Å². The Morgan fingerprint density at radius 2 is 2.17 bits per heavy atom. The van der Waals surface area contributed by atoms with Crippen LogP contribution in [0.1, 0.15) is 6.92 Å². The molecule has 1 fully saturated rings. The summed E-state index contributed by atoms with van der Waals surface area (Å²) < 4.78 is 6.51. The molecule has 4 nitrogen and oxygen atoms in total. The Morgan fingerprint density at radius 3 is 2.83 bits per heavy atom. The van der Waals surface area contributed by atoms with Crippen molar-refractivity contribution in [1.29, 1.82) is 0 Å². The van der Waals surface area contributed by atoms with E-state index in [9.17, 15) is 0 Å². The summed E-state index contributed by atoms with van der Waals surface area (Å²) in [7, 11) is 0. The molecular weight excluding hydrogens is 341 g/mol. The Hall–Kier alpha value is -0.530. The van der Waals surface area contributed by atoms with Gasteiger partial charge in [-0.1, -0.05) is 0 Å². The van der Waals surface area contributed by atoms with Crippen LogP contribution in [-0.2, 0) is 4.74 Å². The zero-order valence-electron chi connectivity index (χ0n) is 10.7. The highest BCUT2D eigenvalue weighted by atomic mass is 127. The van der Waals surface area contributed by atoms with E-state index in [4.69, 9.17) is 10.5 Å². The van der Waals surface area contributed by atoms with Gasteiger partial charge in [-0.25, -0.2) is 0 Å². The van der Waals surface area contributed by atoms with Crippen molar-refractivity contribution >= 4 is 34.0 Å². The Labute approximate surface area is 122 Å². The summed E-state index contributed by atoms with van der Waals surface area (Å²) in [6, 6.07) is 6.49. The highest BCUT2D eigenvalue weighted by molar-refractivity contribution is 14.1. The van der Waals surface area contributed by atoms with Gasteiger partial charge in [0.25, 0.3) is 0 Å². The van der Waals surface area contributed by atoms with Crippen LogP contribution in [0, 0.1) is 3.57 Å². The average Bonchev–Trinajstić information content (AvgIpc) is 2.34. The van der Waals surface area contributed by atoms with Gasteiger partial charge in [0.05, 0.1) is 24.6 Å². The lowest BCUT2D eigenvalue weighted by atomic mass is 10.2. The number of anilines is 2. The summed E-state index contributed by atoms with van der Waals surface area (Å²) in [4.78, 5) is 2.42. The predicted molar refractivity (Wildman–Crippen MR) is 83.9 cm³/mol. The minimum atomic E-state index is 0.380. The predicted octanol–water partition coefficient (Wildman–Crippen LogP) is 2.01. The van der Waals surface area contributed by atoms with E-state index in [1.54, 1.807) is 0 Å². The number of ether oxygens (including phenoxy) is 1. The molecule has 1 aliphatic rings. The summed E-state index contributed by atoms with van der Waals surface area (Å²) in [5.74, 6) is 0. The van der Waals surface area contributed by atoms with Gasteiger partial charge in [0.15, 0.2) is 0 Å². The van der Waals surface area contributed by atoms with Crippen molar-refractivity contribution in [3.63, 3.8) is 0 Å². The van der Waals surface area contributed by atoms with Gasteiger partial charge >= 0.3 is 0 Å². The van der Waals surface area contributed by atoms with Gasteiger partial charge in [-0.2, -0.15) is 0 Å². The number of benzene rings is 1. The third-order valence-corrected chi connectivity index (χ3v) is 3.72. The second-order valence-electron chi connectivity index (χ2n) is 4.69. The summed E-state index contributed by atoms with van der Waals surface area (Å²) in [5.41, 5.74) is 7.84. The fourth-order valence-corrected chi connectivity index (χ4v) is 2.66. The van der Waals surface area contributed by atoms with Gasteiger partial charge in [0, 0.05) is 29.2 Å². The molecule has 0 spiro atoms. The van der Waals surface area contributed by atoms with Gasteiger partial charge < -0.3 is 15.8 Å². The molecule has 1 aromatic carbocycles. The van der Waals surface area contributed by atoms with Gasteiger partial charge in [0.2, 0.25) is 0 Å². The van der Waals surface area contributed by atoms with Crippen molar-refractivity contribution < 1.29 is 4.74 Å². The number of halogens is 1. The van der Waals surface area contributed by atoms with E-state index in [0.717, 1.165) is 47.8 Å². The third-order valence-electron chi connectivity index (χ3n) is 3.05. The smallest absolute Gasteiger partial charge is 0.0594 e. The topological polar surface area (TPSA) is 50.5 Å². The molecule has 18 heavy (non-hydrogen) atoms. The summed E-state index contributed by atoms with van der Waals surface area (Å²) in [6.45, 7) is 6.95. The fourth-order valence-electron chi connectivity index (χ4n) is 2.15. The van der Waals surface area contributed by atoms with Gasteiger partial charge in [-0.15, -0.1) is 0 Å². The van der Waals surface area contributed by atoms with E-state index in [1.807, 2.05) is 12.1 Å². The van der Waals surface area contributed by atoms with Crippen molar-refractivity contribution in [3.05, 3.63) is 21.8 Å². The van der Waals surface area contributed by atoms with E-state index in [0.29, 0.717) is 6.04 Å². The molecule has 0 saturated carbocycles. The van der Waals surface area contributed by atoms with E-state index in [2.05, 4.69) is 45.8 Å². The average molecular weight is 361 g/mol. The van der Waals surface area contributed by atoms with Crippen LogP contribution >= 0.6 is 22.6 Å². The highest BCUT2D eigenvalue weighted by Crippen LogP contribution is 2.21. The number of hydrogen-bond acceptors (Lipinski definition) is 4. The quantitative estimate of drug-likeness (QED) is 0.636. The molecular formula is C13H20IN3O. The van der Waals surface area contributed by atoms with Gasteiger partial charge in [-0.3, -0.25) is 4.90 Å². The lowest BCUT2D eigenvalue weighted by molar-refractivity contribution is 0.0368. The maximum absolute atomic E-state index is 6.00. The molecule has 1 aromatic rings. The first kappa shape index (κ1) is 13.9. The number of nitrogens with two attached hydrogens (primary N) is 1. The second-order valence-corrected chi connectivity index (χ2v) is 5.94. The molecule has 0 aromatic heterocycles. The SMILES string of the molecule is CC(CN1CCOCC1)Nc1ccc(I)cc1N. The molecule has 1 heterocycles. The molecule has 100 valence electrons. The number of nitrogens with one attached hydrogen (secondary N) is 1. The molecule has 3 N–H and O–H groups in total. The van der Waals surface area contributed by atoms with Crippen LogP contribution in [-0.4, -0.2) is 43.8 Å². The second kappa shape index (κ2) is 6.58. The van der Waals surface area contributed by atoms with Crippen LogP contribution in [0.5, 0.6) is 0 Å². The van der Waals surface area contributed by atoms with Crippen LogP contribution in [0.3, 0.4) is 0 Å². The lowest BCUT2D eigenvalue weighted by Crippen LogP contribution is -2.42. The fraction of sp³-hybridized carbons (Fsp3) is 0.538. The summed E-state index contributed by atoms with van der Waals surface area (Å²) in [5, 5.41) is 3.47. The maximum atomic E-state index is 6.00. The van der Waals surface area contributed by atoms with E-state index in [-0.39, 0.29) is 0 Å². The number of morpholine rings is 1. The normalized spacial score (nSPS) is 18.6. The van der Waals surface area contributed by atoms with Crippen LogP contribution in [0.15, 0.2) is 18.2 Å². The number of nitrogen functional groups attached to an aromatic ring is 1. The summed E-state index contributed by atoms with van der Waals surface area (Å²) >= 11 is 2.27. The largest absolute Gasteiger partial charge is 0.397 e. The Bertz CT molecular complexity index is 394. The lowest BCUT2D eigenvalue weighted by Gasteiger charge is -2.30. The monoisotopic (exact) mass is 361 g/mol. The molecule has 2 rings (SSSR count). The molecule has 1 saturated heterocycles. The first-order chi connectivity index (χ1) is 8.65. The third kappa shape index (κ3) is 4.00. The molecule has 0 bridgehead atoms. The molecule has 0 amide bonds. The minimum Gasteiger partial charge on any atom is -0.397 e. The standard InChI is InChI=1S/C13H20IN3O/c1-10(9-17-4-6-18-7-5-17)16-13-3-2-11(14)8-12(13)15/h2-3,8,10,16H,4-7,9,15H2,1H3. The Kier molecular flexibility index (Phi) is 5.08. The van der Waals surface area contributed by atoms with Crippen LogP contribution < -0.4 is 11.1 Å².